The molecule has 2 aromatic heterocycles. The van der Waals surface area contributed by atoms with Gasteiger partial charge < -0.3 is 20.1 Å². The molecular weight excluding hydrogens is 430 g/mol. The Morgan fingerprint density at radius 1 is 1.12 bits per heavy atom. The minimum absolute atomic E-state index is 0.0760. The van der Waals surface area contributed by atoms with E-state index in [4.69, 9.17) is 12.2 Å². The molecule has 0 aliphatic carbocycles. The zero-order valence-electron chi connectivity index (χ0n) is 19.6. The van der Waals surface area contributed by atoms with Crippen LogP contribution in [-0.2, 0) is 13.1 Å². The fraction of sp³-hybridized carbons (Fsp3) is 0.423. The molecule has 1 aliphatic rings. The van der Waals surface area contributed by atoms with Crippen LogP contribution in [0.3, 0.4) is 0 Å². The molecule has 4 rings (SSSR count). The van der Waals surface area contributed by atoms with Crippen molar-refractivity contribution in [3.05, 3.63) is 75.3 Å². The van der Waals surface area contributed by atoms with Crippen molar-refractivity contribution in [2.75, 3.05) is 26.2 Å². The van der Waals surface area contributed by atoms with Crippen LogP contribution in [-0.4, -0.2) is 51.1 Å². The highest BCUT2D eigenvalue weighted by Gasteiger charge is 2.16. The number of H-pyrrole nitrogens is 1. The number of nitrogens with zero attached hydrogens (tertiary/aromatic N) is 3. The Bertz CT molecular complexity index is 1150. The number of nitrogens with one attached hydrogen (secondary N) is 2. The maximum Gasteiger partial charge on any atom is 0.253 e. The van der Waals surface area contributed by atoms with Gasteiger partial charge in [-0.2, -0.15) is 0 Å². The molecule has 7 heteroatoms. The van der Waals surface area contributed by atoms with Crippen molar-refractivity contribution in [3.63, 3.8) is 0 Å². The number of aromatic amines is 1. The summed E-state index contributed by atoms with van der Waals surface area (Å²) in [6.45, 7) is 9.22. The van der Waals surface area contributed by atoms with Gasteiger partial charge in [-0.05, 0) is 98.8 Å². The van der Waals surface area contributed by atoms with Crippen molar-refractivity contribution in [3.8, 4) is 0 Å². The third kappa shape index (κ3) is 6.18. The van der Waals surface area contributed by atoms with Crippen molar-refractivity contribution in [2.24, 2.45) is 0 Å². The SMILES string of the molecule is Cc1cc2cc(CN(Cc3ccccn3)C(=S)NCCN3CCCCC3)c(=O)[nH]c2cc1C. The molecule has 33 heavy (non-hydrogen) atoms. The largest absolute Gasteiger partial charge is 0.361 e. The number of aryl methyl sites for hydroxylation is 2. The Hall–Kier alpha value is -2.77. The number of rotatable bonds is 7. The zero-order chi connectivity index (χ0) is 23.2. The first-order valence-electron chi connectivity index (χ1n) is 11.8. The smallest absolute Gasteiger partial charge is 0.253 e. The summed E-state index contributed by atoms with van der Waals surface area (Å²) in [6.07, 6.45) is 5.67. The van der Waals surface area contributed by atoms with Crippen molar-refractivity contribution in [1.82, 2.24) is 25.1 Å². The van der Waals surface area contributed by atoms with Crippen LogP contribution >= 0.6 is 12.2 Å². The molecular formula is C26H33N5OS. The summed E-state index contributed by atoms with van der Waals surface area (Å²) < 4.78 is 0. The lowest BCUT2D eigenvalue weighted by molar-refractivity contribution is 0.231. The maximum atomic E-state index is 12.9. The second-order valence-electron chi connectivity index (χ2n) is 8.96. The summed E-state index contributed by atoms with van der Waals surface area (Å²) in [5, 5.41) is 5.11. The Kier molecular flexibility index (Phi) is 7.73. The summed E-state index contributed by atoms with van der Waals surface area (Å²) in [4.78, 5) is 24.9. The van der Waals surface area contributed by atoms with Gasteiger partial charge in [0.1, 0.15) is 0 Å². The average Bonchev–Trinajstić information content (AvgIpc) is 2.82. The molecule has 0 amide bonds. The van der Waals surface area contributed by atoms with E-state index in [0.717, 1.165) is 42.8 Å². The van der Waals surface area contributed by atoms with Crippen LogP contribution in [0.25, 0.3) is 10.9 Å². The molecule has 0 radical (unpaired) electrons. The second kappa shape index (κ2) is 10.9. The fourth-order valence-electron chi connectivity index (χ4n) is 4.35. The summed E-state index contributed by atoms with van der Waals surface area (Å²) in [5.74, 6) is 0. The Morgan fingerprint density at radius 2 is 1.91 bits per heavy atom. The first-order valence-corrected chi connectivity index (χ1v) is 12.2. The molecule has 2 N–H and O–H groups in total. The minimum atomic E-state index is -0.0760. The first-order chi connectivity index (χ1) is 16.0. The number of pyridine rings is 2. The molecule has 3 aromatic rings. The van der Waals surface area contributed by atoms with E-state index in [0.29, 0.717) is 23.8 Å². The first kappa shape index (κ1) is 23.4. The molecule has 0 spiro atoms. The molecule has 1 aliphatic heterocycles. The molecule has 0 atom stereocenters. The summed E-state index contributed by atoms with van der Waals surface area (Å²) >= 11 is 5.77. The van der Waals surface area contributed by atoms with Crippen molar-refractivity contribution >= 4 is 28.2 Å². The number of aromatic nitrogens is 2. The predicted octanol–water partition coefficient (Wildman–Crippen LogP) is 3.90. The van der Waals surface area contributed by atoms with Crippen LogP contribution in [0.2, 0.25) is 0 Å². The third-order valence-electron chi connectivity index (χ3n) is 6.42. The van der Waals surface area contributed by atoms with Gasteiger partial charge in [-0.3, -0.25) is 9.78 Å². The average molecular weight is 464 g/mol. The minimum Gasteiger partial charge on any atom is -0.361 e. The van der Waals surface area contributed by atoms with E-state index < -0.39 is 0 Å². The van der Waals surface area contributed by atoms with E-state index in [2.05, 4.69) is 40.1 Å². The lowest BCUT2D eigenvalue weighted by Crippen LogP contribution is -2.43. The van der Waals surface area contributed by atoms with E-state index >= 15 is 0 Å². The number of benzene rings is 1. The topological polar surface area (TPSA) is 64.3 Å². The third-order valence-corrected chi connectivity index (χ3v) is 6.82. The van der Waals surface area contributed by atoms with E-state index in [1.807, 2.05) is 35.2 Å². The van der Waals surface area contributed by atoms with Gasteiger partial charge in [0.2, 0.25) is 0 Å². The number of hydrogen-bond acceptors (Lipinski definition) is 4. The highest BCUT2D eigenvalue weighted by Crippen LogP contribution is 2.18. The lowest BCUT2D eigenvalue weighted by atomic mass is 10.0. The second-order valence-corrected chi connectivity index (χ2v) is 9.35. The van der Waals surface area contributed by atoms with Gasteiger partial charge in [-0.1, -0.05) is 12.5 Å². The Labute approximate surface area is 201 Å². The van der Waals surface area contributed by atoms with Crippen LogP contribution < -0.4 is 10.9 Å². The molecule has 0 saturated carbocycles. The van der Waals surface area contributed by atoms with Crippen LogP contribution in [0.4, 0.5) is 0 Å². The van der Waals surface area contributed by atoms with Crippen LogP contribution in [0.5, 0.6) is 0 Å². The molecule has 3 heterocycles. The number of hydrogen-bond donors (Lipinski definition) is 2. The van der Waals surface area contributed by atoms with Gasteiger partial charge in [0, 0.05) is 30.4 Å². The number of fused-ring (bicyclic) bond motifs is 1. The van der Waals surface area contributed by atoms with Crippen molar-refractivity contribution < 1.29 is 0 Å². The number of thiocarbonyl (C=S) groups is 1. The number of likely N-dealkylation sites (tertiary alicyclic amines) is 1. The molecule has 6 nitrogen and oxygen atoms in total. The monoisotopic (exact) mass is 463 g/mol. The van der Waals surface area contributed by atoms with Gasteiger partial charge in [-0.25, -0.2) is 0 Å². The van der Waals surface area contributed by atoms with Crippen LogP contribution in [0, 0.1) is 13.8 Å². The normalized spacial score (nSPS) is 14.4. The summed E-state index contributed by atoms with van der Waals surface area (Å²) in [7, 11) is 0. The maximum absolute atomic E-state index is 12.9. The lowest BCUT2D eigenvalue weighted by Gasteiger charge is -2.29. The van der Waals surface area contributed by atoms with Crippen LogP contribution in [0.1, 0.15) is 41.6 Å². The highest BCUT2D eigenvalue weighted by atomic mass is 32.1. The molecule has 0 bridgehead atoms. The molecule has 1 aromatic carbocycles. The molecule has 1 saturated heterocycles. The van der Waals surface area contributed by atoms with E-state index in [1.165, 1.54) is 30.4 Å². The van der Waals surface area contributed by atoms with Gasteiger partial charge in [0.15, 0.2) is 5.11 Å². The van der Waals surface area contributed by atoms with E-state index in [9.17, 15) is 4.79 Å². The summed E-state index contributed by atoms with van der Waals surface area (Å²) in [5.41, 5.74) is 4.78. The predicted molar refractivity (Wildman–Crippen MR) is 138 cm³/mol. The molecule has 174 valence electrons. The molecule has 0 unspecified atom stereocenters. The highest BCUT2D eigenvalue weighted by molar-refractivity contribution is 7.80. The van der Waals surface area contributed by atoms with E-state index in [-0.39, 0.29) is 5.56 Å². The van der Waals surface area contributed by atoms with Crippen molar-refractivity contribution in [1.29, 1.82) is 0 Å². The Balaban J connectivity index is 1.51. The fourth-order valence-corrected chi connectivity index (χ4v) is 4.58. The van der Waals surface area contributed by atoms with Crippen molar-refractivity contribution in [2.45, 2.75) is 46.2 Å². The van der Waals surface area contributed by atoms with Crippen LogP contribution in [0.15, 0.2) is 47.4 Å². The standard InChI is InChI=1S/C26H33N5OS/c1-19-14-21-16-22(25(32)29-24(21)15-20(19)2)17-31(18-23-8-4-5-9-27-23)26(33)28-10-13-30-11-6-3-7-12-30/h4-5,8-9,14-16H,3,6-7,10-13,17-18H2,1-2H3,(H,28,33)(H,29,32). The quantitative estimate of drug-likeness (QED) is 0.518. The van der Waals surface area contributed by atoms with Gasteiger partial charge >= 0.3 is 0 Å². The summed E-state index contributed by atoms with van der Waals surface area (Å²) in [6, 6.07) is 12.0. The van der Waals surface area contributed by atoms with E-state index in [1.54, 1.807) is 6.20 Å². The van der Waals surface area contributed by atoms with Gasteiger partial charge in [0.25, 0.3) is 5.56 Å². The number of piperidine rings is 1. The van der Waals surface area contributed by atoms with Gasteiger partial charge in [-0.15, -0.1) is 0 Å². The Morgan fingerprint density at radius 3 is 2.67 bits per heavy atom. The zero-order valence-corrected chi connectivity index (χ0v) is 20.4. The molecule has 1 fully saturated rings. The van der Waals surface area contributed by atoms with Gasteiger partial charge in [0.05, 0.1) is 18.8 Å².